The molecule has 1 aromatic rings. The van der Waals surface area contributed by atoms with E-state index in [1.165, 1.54) is 12.1 Å². The highest BCUT2D eigenvalue weighted by molar-refractivity contribution is 5.98. The van der Waals surface area contributed by atoms with Gasteiger partial charge in [0.05, 0.1) is 17.7 Å². The van der Waals surface area contributed by atoms with E-state index in [0.717, 1.165) is 17.0 Å². The molecule has 2 aliphatic rings. The van der Waals surface area contributed by atoms with E-state index in [1.54, 1.807) is 0 Å². The molecule has 0 unspecified atom stereocenters. The highest BCUT2D eigenvalue weighted by Gasteiger charge is 2.55. The molecular formula is C21H26F3NO4. The summed E-state index contributed by atoms with van der Waals surface area (Å²) < 4.78 is 46.2. The van der Waals surface area contributed by atoms with Gasteiger partial charge in [0.15, 0.2) is 6.04 Å². The van der Waals surface area contributed by atoms with Crippen molar-refractivity contribution in [1.82, 2.24) is 4.90 Å². The smallest absolute Gasteiger partial charge is 0.417 e. The molecule has 3 rings (SSSR count). The van der Waals surface area contributed by atoms with Crippen LogP contribution in [0.15, 0.2) is 24.3 Å². The highest BCUT2D eigenvalue weighted by Crippen LogP contribution is 2.48. The molecule has 160 valence electrons. The van der Waals surface area contributed by atoms with Crippen molar-refractivity contribution in [3.05, 3.63) is 35.4 Å². The molecule has 2 fully saturated rings. The Morgan fingerprint density at radius 1 is 1.14 bits per heavy atom. The van der Waals surface area contributed by atoms with Crippen LogP contribution >= 0.6 is 0 Å². The van der Waals surface area contributed by atoms with Gasteiger partial charge in [0.2, 0.25) is 0 Å². The number of carboxylic acid groups (broad SMARTS) is 1. The Bertz CT molecular complexity index is 792. The first-order chi connectivity index (χ1) is 13.4. The maximum absolute atomic E-state index is 13.4. The summed E-state index contributed by atoms with van der Waals surface area (Å²) in [5, 5.41) is 9.61. The summed E-state index contributed by atoms with van der Waals surface area (Å²) in [4.78, 5) is 26.1. The first-order valence-corrected chi connectivity index (χ1v) is 9.73. The lowest BCUT2D eigenvalue weighted by molar-refractivity contribution is -0.144. The Morgan fingerprint density at radius 3 is 2.24 bits per heavy atom. The second-order valence-electron chi connectivity index (χ2n) is 8.97. The number of benzene rings is 1. The highest BCUT2D eigenvalue weighted by atomic mass is 19.4. The van der Waals surface area contributed by atoms with E-state index in [9.17, 15) is 27.9 Å². The molecule has 0 radical (unpaired) electrons. The van der Waals surface area contributed by atoms with E-state index in [-0.39, 0.29) is 12.0 Å². The third-order valence-corrected chi connectivity index (χ3v) is 6.22. The SMILES string of the molecule is CC(C)(C)C1CCC2(CC1)OC[C@@H](C(=O)O)N2C(=O)c1ccccc1C(F)(F)F. The minimum Gasteiger partial charge on any atom is -0.480 e. The average Bonchev–Trinajstić information content (AvgIpc) is 2.99. The van der Waals surface area contributed by atoms with Crippen LogP contribution in [0.5, 0.6) is 0 Å². The molecule has 0 bridgehead atoms. The third kappa shape index (κ3) is 3.99. The monoisotopic (exact) mass is 413 g/mol. The minimum absolute atomic E-state index is 0.0458. The van der Waals surface area contributed by atoms with Gasteiger partial charge < -0.3 is 9.84 Å². The van der Waals surface area contributed by atoms with Crippen LogP contribution in [0, 0.1) is 11.3 Å². The number of ether oxygens (including phenoxy) is 1. The number of nitrogens with zero attached hydrogens (tertiary/aromatic N) is 1. The maximum atomic E-state index is 13.4. The molecule has 1 spiro atoms. The fourth-order valence-corrected chi connectivity index (χ4v) is 4.54. The van der Waals surface area contributed by atoms with Gasteiger partial charge in [-0.1, -0.05) is 32.9 Å². The fraction of sp³-hybridized carbons (Fsp3) is 0.619. The maximum Gasteiger partial charge on any atom is 0.417 e. The van der Waals surface area contributed by atoms with Crippen molar-refractivity contribution >= 4 is 11.9 Å². The standard InChI is InChI=1S/C21H26F3NO4/c1-19(2,3)13-8-10-20(11-9-13)25(16(12-29-20)18(27)28)17(26)14-6-4-5-7-15(14)21(22,23)24/h4-7,13,16H,8-12H2,1-3H3,(H,27,28)/t13?,16-,20?/m0/s1. The van der Waals surface area contributed by atoms with Crippen LogP contribution in [-0.2, 0) is 15.7 Å². The summed E-state index contributed by atoms with van der Waals surface area (Å²) in [6.07, 6.45) is -2.50. The number of rotatable bonds is 2. The molecule has 1 saturated carbocycles. The predicted molar refractivity (Wildman–Crippen MR) is 99.1 cm³/mol. The van der Waals surface area contributed by atoms with Crippen molar-refractivity contribution < 1.29 is 32.6 Å². The van der Waals surface area contributed by atoms with Crippen LogP contribution in [0.25, 0.3) is 0 Å². The number of amides is 1. The van der Waals surface area contributed by atoms with Crippen molar-refractivity contribution in [2.75, 3.05) is 6.61 Å². The molecule has 1 N–H and O–H groups in total. The van der Waals surface area contributed by atoms with E-state index in [1.807, 2.05) is 0 Å². The van der Waals surface area contributed by atoms with Crippen molar-refractivity contribution in [3.8, 4) is 0 Å². The van der Waals surface area contributed by atoms with Gasteiger partial charge in [0.1, 0.15) is 5.72 Å². The van der Waals surface area contributed by atoms with Gasteiger partial charge in [-0.05, 0) is 49.1 Å². The van der Waals surface area contributed by atoms with Crippen LogP contribution in [0.3, 0.4) is 0 Å². The topological polar surface area (TPSA) is 66.8 Å². The predicted octanol–water partition coefficient (Wildman–Crippen LogP) is 4.56. The normalized spacial score (nSPS) is 28.0. The van der Waals surface area contributed by atoms with Crippen molar-refractivity contribution in [2.24, 2.45) is 11.3 Å². The number of halogens is 3. The lowest BCUT2D eigenvalue weighted by Crippen LogP contribution is -2.55. The molecule has 0 aromatic heterocycles. The number of alkyl halides is 3. The van der Waals surface area contributed by atoms with E-state index in [0.29, 0.717) is 31.6 Å². The molecular weight excluding hydrogens is 387 g/mol. The Morgan fingerprint density at radius 2 is 1.72 bits per heavy atom. The zero-order chi connectivity index (χ0) is 21.6. The Balaban J connectivity index is 1.98. The first-order valence-electron chi connectivity index (χ1n) is 9.73. The number of carboxylic acids is 1. The molecule has 1 aromatic carbocycles. The summed E-state index contributed by atoms with van der Waals surface area (Å²) >= 11 is 0. The van der Waals surface area contributed by atoms with E-state index in [2.05, 4.69) is 20.8 Å². The van der Waals surface area contributed by atoms with Gasteiger partial charge in [-0.3, -0.25) is 9.69 Å². The average molecular weight is 413 g/mol. The lowest BCUT2D eigenvalue weighted by atomic mass is 9.70. The van der Waals surface area contributed by atoms with Crippen LogP contribution in [0.1, 0.15) is 62.4 Å². The molecule has 1 heterocycles. The molecule has 1 aliphatic heterocycles. The Kier molecular flexibility index (Phi) is 5.45. The molecule has 1 atom stereocenters. The van der Waals surface area contributed by atoms with Crippen LogP contribution in [-0.4, -0.2) is 40.3 Å². The molecule has 1 amide bonds. The zero-order valence-corrected chi connectivity index (χ0v) is 16.8. The van der Waals surface area contributed by atoms with Gasteiger partial charge in [0, 0.05) is 0 Å². The second kappa shape index (κ2) is 7.31. The summed E-state index contributed by atoms with van der Waals surface area (Å²) in [5.41, 5.74) is -2.75. The zero-order valence-electron chi connectivity index (χ0n) is 16.8. The van der Waals surface area contributed by atoms with E-state index in [4.69, 9.17) is 4.74 Å². The van der Waals surface area contributed by atoms with Gasteiger partial charge in [-0.2, -0.15) is 13.2 Å². The van der Waals surface area contributed by atoms with Gasteiger partial charge >= 0.3 is 12.1 Å². The van der Waals surface area contributed by atoms with Crippen LogP contribution < -0.4 is 0 Å². The summed E-state index contributed by atoms with van der Waals surface area (Å²) in [7, 11) is 0. The lowest BCUT2D eigenvalue weighted by Gasteiger charge is -2.46. The summed E-state index contributed by atoms with van der Waals surface area (Å²) in [6.45, 7) is 6.13. The molecule has 29 heavy (non-hydrogen) atoms. The number of carbonyl (C=O) groups is 2. The van der Waals surface area contributed by atoms with Crippen molar-refractivity contribution in [3.63, 3.8) is 0 Å². The Hall–Kier alpha value is -2.09. The van der Waals surface area contributed by atoms with Crippen LogP contribution in [0.2, 0.25) is 0 Å². The van der Waals surface area contributed by atoms with E-state index >= 15 is 0 Å². The third-order valence-electron chi connectivity index (χ3n) is 6.22. The van der Waals surface area contributed by atoms with Crippen molar-refractivity contribution in [2.45, 2.75) is 64.4 Å². The molecule has 5 nitrogen and oxygen atoms in total. The number of aliphatic carboxylic acids is 1. The fourth-order valence-electron chi connectivity index (χ4n) is 4.54. The largest absolute Gasteiger partial charge is 0.480 e. The Labute approximate surface area is 167 Å². The quantitative estimate of drug-likeness (QED) is 0.772. The van der Waals surface area contributed by atoms with E-state index < -0.39 is 40.9 Å². The minimum atomic E-state index is -4.72. The summed E-state index contributed by atoms with van der Waals surface area (Å²) in [5.74, 6) is -1.87. The number of carbonyl (C=O) groups excluding carboxylic acids is 1. The van der Waals surface area contributed by atoms with Crippen LogP contribution in [0.4, 0.5) is 13.2 Å². The van der Waals surface area contributed by atoms with Gasteiger partial charge in [0.25, 0.3) is 5.91 Å². The first kappa shape index (κ1) is 21.6. The van der Waals surface area contributed by atoms with Gasteiger partial charge in [-0.15, -0.1) is 0 Å². The second-order valence-corrected chi connectivity index (χ2v) is 8.97. The number of hydrogen-bond acceptors (Lipinski definition) is 3. The molecule has 1 aliphatic carbocycles. The number of hydrogen-bond donors (Lipinski definition) is 1. The molecule has 1 saturated heterocycles. The van der Waals surface area contributed by atoms with Gasteiger partial charge in [-0.25, -0.2) is 4.79 Å². The molecule has 8 heteroatoms. The van der Waals surface area contributed by atoms with Crippen molar-refractivity contribution in [1.29, 1.82) is 0 Å². The summed E-state index contributed by atoms with van der Waals surface area (Å²) in [6, 6.07) is 3.17.